The zero-order valence-electron chi connectivity index (χ0n) is 12.3. The van der Waals surface area contributed by atoms with Gasteiger partial charge in [0.05, 0.1) is 16.1 Å². The van der Waals surface area contributed by atoms with Crippen molar-refractivity contribution in [3.8, 4) is 0 Å². The molecule has 0 radical (unpaired) electrons. The summed E-state index contributed by atoms with van der Waals surface area (Å²) < 4.78 is 0. The third kappa shape index (κ3) is 2.96. The first-order valence-electron chi connectivity index (χ1n) is 7.99. The number of hydrogen-bond acceptors (Lipinski definition) is 2. The van der Waals surface area contributed by atoms with Gasteiger partial charge in [-0.15, -0.1) is 0 Å². The fraction of sp³-hybridized carbons (Fsp3) is 0.647. The maximum Gasteiger partial charge on any atom is 0.0764 e. The van der Waals surface area contributed by atoms with Crippen LogP contribution in [0.1, 0.15) is 44.1 Å². The fourth-order valence-electron chi connectivity index (χ4n) is 4.11. The number of nitrogens with zero attached hydrogens (tertiary/aromatic N) is 1. The molecule has 0 amide bonds. The van der Waals surface area contributed by atoms with Crippen LogP contribution in [0.4, 0.5) is 0 Å². The van der Waals surface area contributed by atoms with Gasteiger partial charge in [0.1, 0.15) is 0 Å². The third-order valence-electron chi connectivity index (χ3n) is 5.27. The second kappa shape index (κ2) is 6.45. The van der Waals surface area contributed by atoms with Crippen LogP contribution in [0.15, 0.2) is 18.2 Å². The van der Waals surface area contributed by atoms with Gasteiger partial charge < -0.3 is 5.11 Å². The van der Waals surface area contributed by atoms with E-state index in [0.29, 0.717) is 16.5 Å². The summed E-state index contributed by atoms with van der Waals surface area (Å²) in [5.74, 6) is 0. The van der Waals surface area contributed by atoms with Gasteiger partial charge in [-0.25, -0.2) is 0 Å². The molecule has 1 saturated heterocycles. The van der Waals surface area contributed by atoms with Crippen molar-refractivity contribution in [1.29, 1.82) is 0 Å². The Morgan fingerprint density at radius 1 is 1.10 bits per heavy atom. The Kier molecular flexibility index (Phi) is 4.80. The highest BCUT2D eigenvalue weighted by Gasteiger charge is 2.46. The van der Waals surface area contributed by atoms with Gasteiger partial charge in [0.15, 0.2) is 0 Å². The molecular weight excluding hydrogens is 305 g/mol. The lowest BCUT2D eigenvalue weighted by atomic mass is 9.85. The van der Waals surface area contributed by atoms with Crippen LogP contribution in [0, 0.1) is 0 Å². The summed E-state index contributed by atoms with van der Waals surface area (Å²) in [6.45, 7) is 2.25. The Hall–Kier alpha value is -0.280. The molecule has 1 unspecified atom stereocenters. The van der Waals surface area contributed by atoms with E-state index in [4.69, 9.17) is 23.2 Å². The number of rotatable bonds is 4. The monoisotopic (exact) mass is 327 g/mol. The van der Waals surface area contributed by atoms with Crippen molar-refractivity contribution in [3.05, 3.63) is 33.8 Å². The number of aliphatic hydroxyl groups is 1. The van der Waals surface area contributed by atoms with Crippen molar-refractivity contribution >= 4 is 23.2 Å². The van der Waals surface area contributed by atoms with Gasteiger partial charge in [-0.1, -0.05) is 48.2 Å². The smallest absolute Gasteiger partial charge is 0.0764 e. The van der Waals surface area contributed by atoms with E-state index in [9.17, 15) is 5.11 Å². The van der Waals surface area contributed by atoms with Gasteiger partial charge in [0.2, 0.25) is 0 Å². The van der Waals surface area contributed by atoms with Crippen molar-refractivity contribution in [2.75, 3.05) is 13.1 Å². The van der Waals surface area contributed by atoms with Gasteiger partial charge in [0.25, 0.3) is 0 Å². The van der Waals surface area contributed by atoms with Crippen molar-refractivity contribution in [1.82, 2.24) is 4.90 Å². The second-order valence-corrected chi connectivity index (χ2v) is 7.22. The van der Waals surface area contributed by atoms with E-state index in [-0.39, 0.29) is 11.6 Å². The Morgan fingerprint density at radius 2 is 1.76 bits per heavy atom. The molecular formula is C17H23Cl2NO. The number of hydrogen-bond donors (Lipinski definition) is 1. The van der Waals surface area contributed by atoms with E-state index in [2.05, 4.69) is 4.90 Å². The minimum absolute atomic E-state index is 0.0395. The van der Waals surface area contributed by atoms with Gasteiger partial charge in [-0.2, -0.15) is 0 Å². The summed E-state index contributed by atoms with van der Waals surface area (Å²) in [4.78, 5) is 2.53. The van der Waals surface area contributed by atoms with Gasteiger partial charge in [-0.05, 0) is 50.4 Å². The summed E-state index contributed by atoms with van der Waals surface area (Å²) in [6, 6.07) is 5.68. The van der Waals surface area contributed by atoms with Crippen molar-refractivity contribution < 1.29 is 5.11 Å². The first kappa shape index (κ1) is 15.6. The van der Waals surface area contributed by atoms with Crippen LogP contribution < -0.4 is 0 Å². The molecule has 2 nitrogen and oxygen atoms in total. The quantitative estimate of drug-likeness (QED) is 0.890. The fourth-order valence-corrected chi connectivity index (χ4v) is 4.51. The van der Waals surface area contributed by atoms with Crippen LogP contribution in [0.2, 0.25) is 10.0 Å². The van der Waals surface area contributed by atoms with Crippen molar-refractivity contribution in [3.63, 3.8) is 0 Å². The maximum atomic E-state index is 11.0. The Bertz CT molecular complexity index is 494. The molecule has 0 bridgehead atoms. The molecule has 21 heavy (non-hydrogen) atoms. The first-order valence-corrected chi connectivity index (χ1v) is 8.75. The average molecular weight is 328 g/mol. The predicted molar refractivity (Wildman–Crippen MR) is 88.2 cm³/mol. The molecule has 1 N–H and O–H groups in total. The topological polar surface area (TPSA) is 23.5 Å². The highest BCUT2D eigenvalue weighted by atomic mass is 35.5. The van der Waals surface area contributed by atoms with Crippen LogP contribution in [-0.2, 0) is 6.42 Å². The van der Waals surface area contributed by atoms with E-state index in [0.717, 1.165) is 31.5 Å². The van der Waals surface area contributed by atoms with Gasteiger partial charge in [-0.3, -0.25) is 4.90 Å². The number of likely N-dealkylation sites (tertiary alicyclic amines) is 1. The molecule has 1 atom stereocenters. The molecule has 2 aliphatic rings. The summed E-state index contributed by atoms with van der Waals surface area (Å²) in [6.07, 6.45) is 7.38. The van der Waals surface area contributed by atoms with E-state index < -0.39 is 0 Å². The Labute approximate surface area is 137 Å². The van der Waals surface area contributed by atoms with E-state index >= 15 is 0 Å². The highest BCUT2D eigenvalue weighted by Crippen LogP contribution is 2.41. The van der Waals surface area contributed by atoms with Crippen LogP contribution >= 0.6 is 23.2 Å². The zero-order valence-corrected chi connectivity index (χ0v) is 13.8. The lowest BCUT2D eigenvalue weighted by Gasteiger charge is -2.43. The molecule has 3 rings (SSSR count). The van der Waals surface area contributed by atoms with Crippen LogP contribution in [-0.4, -0.2) is 34.7 Å². The Balaban J connectivity index is 1.81. The lowest BCUT2D eigenvalue weighted by Crippen LogP contribution is -2.54. The van der Waals surface area contributed by atoms with Crippen molar-refractivity contribution in [2.24, 2.45) is 0 Å². The third-order valence-corrected chi connectivity index (χ3v) is 6.13. The van der Waals surface area contributed by atoms with Crippen LogP contribution in [0.5, 0.6) is 0 Å². The molecule has 1 aromatic carbocycles. The highest BCUT2D eigenvalue weighted by molar-refractivity contribution is 6.42. The second-order valence-electron chi connectivity index (χ2n) is 6.44. The maximum absolute atomic E-state index is 11.0. The SMILES string of the molecule is OC(Cc1cccc(Cl)c1Cl)C1(N2CCCC2)CCCC1. The minimum Gasteiger partial charge on any atom is -0.391 e. The van der Waals surface area contributed by atoms with E-state index in [1.165, 1.54) is 25.7 Å². The molecule has 1 aromatic rings. The lowest BCUT2D eigenvalue weighted by molar-refractivity contribution is -0.0171. The molecule has 116 valence electrons. The molecule has 0 aromatic heterocycles. The molecule has 1 aliphatic carbocycles. The molecule has 1 aliphatic heterocycles. The summed E-state index contributed by atoms with van der Waals surface area (Å²) in [5.41, 5.74) is 0.921. The van der Waals surface area contributed by atoms with Gasteiger partial charge >= 0.3 is 0 Å². The predicted octanol–water partition coefficient (Wildman–Crippen LogP) is 4.31. The number of halogens is 2. The number of aliphatic hydroxyl groups excluding tert-OH is 1. The standard InChI is InChI=1S/C17H23Cl2NO/c18-14-7-5-6-13(16(14)19)12-15(21)17(8-1-2-9-17)20-10-3-4-11-20/h5-7,15,21H,1-4,8-12H2. The number of benzene rings is 1. The van der Waals surface area contributed by atoms with Crippen molar-refractivity contribution in [2.45, 2.75) is 56.6 Å². The van der Waals surface area contributed by atoms with Crippen LogP contribution in [0.25, 0.3) is 0 Å². The van der Waals surface area contributed by atoms with Gasteiger partial charge in [0, 0.05) is 12.0 Å². The minimum atomic E-state index is -0.367. The van der Waals surface area contributed by atoms with E-state index in [1.807, 2.05) is 12.1 Å². The molecule has 1 heterocycles. The molecule has 2 fully saturated rings. The molecule has 0 spiro atoms. The largest absolute Gasteiger partial charge is 0.391 e. The summed E-state index contributed by atoms with van der Waals surface area (Å²) in [5, 5.41) is 12.1. The average Bonchev–Trinajstić information content (AvgIpc) is 3.14. The normalized spacial score (nSPS) is 23.6. The first-order chi connectivity index (χ1) is 10.1. The van der Waals surface area contributed by atoms with Crippen LogP contribution in [0.3, 0.4) is 0 Å². The zero-order chi connectivity index (χ0) is 14.9. The Morgan fingerprint density at radius 3 is 2.43 bits per heavy atom. The molecule has 1 saturated carbocycles. The summed E-state index contributed by atoms with van der Waals surface area (Å²) in [7, 11) is 0. The summed E-state index contributed by atoms with van der Waals surface area (Å²) >= 11 is 12.4. The van der Waals surface area contributed by atoms with E-state index in [1.54, 1.807) is 6.07 Å². The molecule has 4 heteroatoms.